The van der Waals surface area contributed by atoms with Crippen LogP contribution in [0.1, 0.15) is 23.7 Å². The van der Waals surface area contributed by atoms with Crippen LogP contribution in [0, 0.1) is 6.92 Å². The minimum Gasteiger partial charge on any atom is -0.356 e. The molecule has 1 saturated heterocycles. The Balaban J connectivity index is 1.65. The monoisotopic (exact) mass is 352 g/mol. The summed E-state index contributed by atoms with van der Waals surface area (Å²) in [5.41, 5.74) is 0. The number of nitrogens with zero attached hydrogens (tertiary/aromatic N) is 4. The van der Waals surface area contributed by atoms with Gasteiger partial charge in [-0.05, 0) is 20.4 Å². The molecule has 2 N–H and O–H groups in total. The highest BCUT2D eigenvalue weighted by Crippen LogP contribution is 2.10. The Bertz CT molecular complexity index is 507. The van der Waals surface area contributed by atoms with Crippen LogP contribution in [0.3, 0.4) is 0 Å². The fourth-order valence-corrected chi connectivity index (χ4v) is 3.71. The van der Waals surface area contributed by atoms with Crippen molar-refractivity contribution in [2.45, 2.75) is 33.2 Å². The lowest BCUT2D eigenvalue weighted by atomic mass is 10.2. The lowest BCUT2D eigenvalue weighted by Crippen LogP contribution is -2.53. The molecule has 0 bridgehead atoms. The SMILES string of the molecule is CCN1CCN(C(C)CNC(=NC)NCCc2ncc(C)s2)CC1. The Kier molecular flexibility index (Phi) is 7.94. The number of hydrogen-bond donors (Lipinski definition) is 2. The van der Waals surface area contributed by atoms with Gasteiger partial charge in [-0.1, -0.05) is 6.92 Å². The van der Waals surface area contributed by atoms with Crippen molar-refractivity contribution in [1.82, 2.24) is 25.4 Å². The van der Waals surface area contributed by atoms with Crippen molar-refractivity contribution >= 4 is 17.3 Å². The van der Waals surface area contributed by atoms with Gasteiger partial charge >= 0.3 is 0 Å². The molecule has 0 saturated carbocycles. The summed E-state index contributed by atoms with van der Waals surface area (Å²) in [6.45, 7) is 14.2. The van der Waals surface area contributed by atoms with Crippen molar-refractivity contribution < 1.29 is 0 Å². The van der Waals surface area contributed by atoms with Crippen molar-refractivity contribution in [2.75, 3.05) is 52.9 Å². The van der Waals surface area contributed by atoms with Gasteiger partial charge in [-0.15, -0.1) is 11.3 Å². The molecule has 2 heterocycles. The number of nitrogens with one attached hydrogen (secondary N) is 2. The van der Waals surface area contributed by atoms with Gasteiger partial charge in [0.15, 0.2) is 5.96 Å². The van der Waals surface area contributed by atoms with Gasteiger partial charge in [0, 0.05) is 69.9 Å². The van der Waals surface area contributed by atoms with Crippen molar-refractivity contribution in [3.8, 4) is 0 Å². The standard InChI is InChI=1S/C17H32N6S/c1-5-22-8-10-23(11-9-22)14(2)12-21-17(18-4)19-7-6-16-20-13-15(3)24-16/h13-14H,5-12H2,1-4H3,(H2,18,19,21). The minimum atomic E-state index is 0.518. The van der Waals surface area contributed by atoms with Crippen molar-refractivity contribution in [1.29, 1.82) is 0 Å². The lowest BCUT2D eigenvalue weighted by molar-refractivity contribution is 0.107. The van der Waals surface area contributed by atoms with Crippen LogP contribution in [0.5, 0.6) is 0 Å². The molecule has 6 nitrogen and oxygen atoms in total. The summed E-state index contributed by atoms with van der Waals surface area (Å²) in [6.07, 6.45) is 2.88. The van der Waals surface area contributed by atoms with Crippen LogP contribution in [0.25, 0.3) is 0 Å². The Morgan fingerprint density at radius 3 is 2.67 bits per heavy atom. The molecule has 0 aliphatic carbocycles. The van der Waals surface area contributed by atoms with Crippen molar-refractivity contribution in [2.24, 2.45) is 4.99 Å². The van der Waals surface area contributed by atoms with Crippen LogP contribution in [0.4, 0.5) is 0 Å². The van der Waals surface area contributed by atoms with Crippen LogP contribution < -0.4 is 10.6 Å². The van der Waals surface area contributed by atoms with E-state index >= 15 is 0 Å². The third-order valence-electron chi connectivity index (χ3n) is 4.57. The van der Waals surface area contributed by atoms with Crippen LogP contribution in [-0.2, 0) is 6.42 Å². The second-order valence-electron chi connectivity index (χ2n) is 6.31. The van der Waals surface area contributed by atoms with E-state index in [2.05, 4.69) is 51.2 Å². The predicted molar refractivity (Wildman–Crippen MR) is 103 cm³/mol. The molecule has 1 aromatic heterocycles. The molecule has 0 amide bonds. The van der Waals surface area contributed by atoms with E-state index in [-0.39, 0.29) is 0 Å². The fraction of sp³-hybridized carbons (Fsp3) is 0.765. The molecule has 1 atom stereocenters. The summed E-state index contributed by atoms with van der Waals surface area (Å²) in [5.74, 6) is 0.877. The average molecular weight is 353 g/mol. The number of thiazole rings is 1. The van der Waals surface area contributed by atoms with Gasteiger partial charge in [-0.25, -0.2) is 4.98 Å². The third-order valence-corrected chi connectivity index (χ3v) is 5.54. The fourth-order valence-electron chi connectivity index (χ4n) is 2.92. The number of aryl methyl sites for hydroxylation is 1. The summed E-state index contributed by atoms with van der Waals surface area (Å²) in [6, 6.07) is 0.518. The normalized spacial score (nSPS) is 18.6. The van der Waals surface area contributed by atoms with Crippen molar-refractivity contribution in [3.05, 3.63) is 16.1 Å². The maximum Gasteiger partial charge on any atom is 0.191 e. The molecular formula is C17H32N6S. The van der Waals surface area contributed by atoms with Crippen LogP contribution >= 0.6 is 11.3 Å². The largest absolute Gasteiger partial charge is 0.356 e. The topological polar surface area (TPSA) is 55.8 Å². The second kappa shape index (κ2) is 9.96. The summed E-state index contributed by atoms with van der Waals surface area (Å²) in [7, 11) is 1.83. The summed E-state index contributed by atoms with van der Waals surface area (Å²) >= 11 is 1.76. The zero-order valence-electron chi connectivity index (χ0n) is 15.5. The Morgan fingerprint density at radius 1 is 1.33 bits per heavy atom. The number of hydrogen-bond acceptors (Lipinski definition) is 5. The number of guanidine groups is 1. The van der Waals surface area contributed by atoms with Gasteiger partial charge in [0.2, 0.25) is 0 Å². The van der Waals surface area contributed by atoms with Crippen LogP contribution in [0.2, 0.25) is 0 Å². The van der Waals surface area contributed by atoms with Crippen LogP contribution in [-0.4, -0.2) is 79.6 Å². The molecular weight excluding hydrogens is 320 g/mol. The van der Waals surface area contributed by atoms with E-state index in [4.69, 9.17) is 0 Å². The lowest BCUT2D eigenvalue weighted by Gasteiger charge is -2.37. The highest BCUT2D eigenvalue weighted by Gasteiger charge is 2.20. The molecule has 0 radical (unpaired) electrons. The molecule has 24 heavy (non-hydrogen) atoms. The van der Waals surface area contributed by atoms with E-state index in [1.165, 1.54) is 23.0 Å². The Labute approximate surface area is 150 Å². The van der Waals surface area contributed by atoms with Gasteiger partial charge in [0.25, 0.3) is 0 Å². The maximum absolute atomic E-state index is 4.39. The molecule has 136 valence electrons. The first-order valence-corrected chi connectivity index (χ1v) is 9.76. The van der Waals surface area contributed by atoms with E-state index in [0.717, 1.165) is 45.1 Å². The van der Waals surface area contributed by atoms with E-state index < -0.39 is 0 Å². The molecule has 1 aromatic rings. The smallest absolute Gasteiger partial charge is 0.191 e. The summed E-state index contributed by atoms with van der Waals surface area (Å²) in [4.78, 5) is 15.1. The Morgan fingerprint density at radius 2 is 2.08 bits per heavy atom. The highest BCUT2D eigenvalue weighted by atomic mass is 32.1. The number of likely N-dealkylation sites (N-methyl/N-ethyl adjacent to an activating group) is 1. The molecule has 1 aliphatic heterocycles. The number of piperazine rings is 1. The minimum absolute atomic E-state index is 0.518. The number of aromatic nitrogens is 1. The molecule has 1 unspecified atom stereocenters. The van der Waals surface area contributed by atoms with Gasteiger partial charge in [0.05, 0.1) is 5.01 Å². The van der Waals surface area contributed by atoms with Crippen LogP contribution in [0.15, 0.2) is 11.2 Å². The van der Waals surface area contributed by atoms with Gasteiger partial charge in [0.1, 0.15) is 0 Å². The first kappa shape index (κ1) is 19.1. The number of aliphatic imine (C=N–C) groups is 1. The van der Waals surface area contributed by atoms with E-state index in [0.29, 0.717) is 6.04 Å². The zero-order chi connectivity index (χ0) is 17.4. The maximum atomic E-state index is 4.39. The molecule has 7 heteroatoms. The molecule has 0 aromatic carbocycles. The molecule has 2 rings (SSSR count). The average Bonchev–Trinajstić information content (AvgIpc) is 3.03. The van der Waals surface area contributed by atoms with Gasteiger partial charge < -0.3 is 15.5 Å². The molecule has 1 fully saturated rings. The molecule has 1 aliphatic rings. The third kappa shape index (κ3) is 6.03. The summed E-state index contributed by atoms with van der Waals surface area (Å²) in [5, 5.41) is 8.01. The predicted octanol–water partition coefficient (Wildman–Crippen LogP) is 1.19. The molecule has 0 spiro atoms. The van der Waals surface area contributed by atoms with E-state index in [1.807, 2.05) is 13.2 Å². The number of rotatable bonds is 7. The quantitative estimate of drug-likeness (QED) is 0.570. The zero-order valence-corrected chi connectivity index (χ0v) is 16.3. The second-order valence-corrected chi connectivity index (χ2v) is 7.63. The van der Waals surface area contributed by atoms with Crippen molar-refractivity contribution in [3.63, 3.8) is 0 Å². The first-order valence-electron chi connectivity index (χ1n) is 8.94. The summed E-state index contributed by atoms with van der Waals surface area (Å²) < 4.78 is 0. The first-order chi connectivity index (χ1) is 11.6. The Hall–Kier alpha value is -1.18. The van der Waals surface area contributed by atoms with Gasteiger partial charge in [-0.3, -0.25) is 9.89 Å². The van der Waals surface area contributed by atoms with E-state index in [1.54, 1.807) is 11.3 Å². The highest BCUT2D eigenvalue weighted by molar-refractivity contribution is 7.11. The van der Waals surface area contributed by atoms with E-state index in [9.17, 15) is 0 Å². The van der Waals surface area contributed by atoms with Gasteiger partial charge in [-0.2, -0.15) is 0 Å².